The first kappa shape index (κ1) is 12.1. The number of benzene rings is 1. The Kier molecular flexibility index (Phi) is 3.76. The summed E-state index contributed by atoms with van der Waals surface area (Å²) in [7, 11) is 0. The maximum atomic E-state index is 13.1. The Labute approximate surface area is 104 Å². The molecule has 1 aromatic carbocycles. The summed E-state index contributed by atoms with van der Waals surface area (Å²) < 4.78 is 13.1. The van der Waals surface area contributed by atoms with Crippen molar-refractivity contribution in [2.45, 2.75) is 19.5 Å². The van der Waals surface area contributed by atoms with Crippen molar-refractivity contribution in [1.82, 2.24) is 15.5 Å². The predicted octanol–water partition coefficient (Wildman–Crippen LogP) is 3.05. The number of nitrogens with one attached hydrogen (secondary N) is 2. The van der Waals surface area contributed by atoms with Gasteiger partial charge in [-0.05, 0) is 30.7 Å². The largest absolute Gasteiger partial charge is 0.306 e. The first-order chi connectivity index (χ1) is 8.15. The van der Waals surface area contributed by atoms with Crippen LogP contribution in [-0.4, -0.2) is 10.2 Å². The molecule has 2 N–H and O–H groups in total. The molecule has 1 heterocycles. The van der Waals surface area contributed by atoms with E-state index >= 15 is 0 Å². The van der Waals surface area contributed by atoms with Gasteiger partial charge in [-0.1, -0.05) is 11.6 Å². The van der Waals surface area contributed by atoms with Gasteiger partial charge in [0.1, 0.15) is 5.82 Å². The Morgan fingerprint density at radius 3 is 2.94 bits per heavy atom. The molecule has 90 valence electrons. The van der Waals surface area contributed by atoms with Gasteiger partial charge >= 0.3 is 0 Å². The van der Waals surface area contributed by atoms with Crippen LogP contribution in [0.4, 0.5) is 4.39 Å². The van der Waals surface area contributed by atoms with E-state index in [2.05, 4.69) is 15.5 Å². The van der Waals surface area contributed by atoms with Gasteiger partial charge in [0.05, 0.1) is 6.20 Å². The number of rotatable bonds is 4. The van der Waals surface area contributed by atoms with Crippen molar-refractivity contribution in [2.75, 3.05) is 0 Å². The Bertz CT molecular complexity index is 464. The van der Waals surface area contributed by atoms with Crippen LogP contribution in [0.2, 0.25) is 5.02 Å². The zero-order chi connectivity index (χ0) is 12.3. The third-order valence-corrected chi connectivity index (χ3v) is 2.77. The van der Waals surface area contributed by atoms with E-state index < -0.39 is 0 Å². The highest BCUT2D eigenvalue weighted by Crippen LogP contribution is 2.15. The third kappa shape index (κ3) is 3.28. The Balaban J connectivity index is 1.98. The lowest BCUT2D eigenvalue weighted by Gasteiger charge is -2.12. The van der Waals surface area contributed by atoms with Crippen LogP contribution in [0.5, 0.6) is 0 Å². The van der Waals surface area contributed by atoms with Gasteiger partial charge in [-0.2, -0.15) is 5.10 Å². The molecule has 17 heavy (non-hydrogen) atoms. The van der Waals surface area contributed by atoms with Crippen molar-refractivity contribution in [3.8, 4) is 0 Å². The minimum Gasteiger partial charge on any atom is -0.306 e. The maximum absolute atomic E-state index is 13.1. The summed E-state index contributed by atoms with van der Waals surface area (Å²) in [4.78, 5) is 0. The molecule has 0 saturated carbocycles. The SMILES string of the molecule is CC(NCc1cc(F)cc(Cl)c1)c1cn[nH]c1. The van der Waals surface area contributed by atoms with Crippen LogP contribution in [0, 0.1) is 5.82 Å². The topological polar surface area (TPSA) is 40.7 Å². The van der Waals surface area contributed by atoms with Crippen LogP contribution in [-0.2, 0) is 6.54 Å². The standard InChI is InChI=1S/C12H13ClFN3/c1-8(10-6-16-17-7-10)15-5-9-2-11(13)4-12(14)3-9/h2-4,6-8,15H,5H2,1H3,(H,16,17). The van der Waals surface area contributed by atoms with Gasteiger partial charge in [0.15, 0.2) is 0 Å². The van der Waals surface area contributed by atoms with E-state index in [1.807, 2.05) is 13.1 Å². The molecule has 0 aliphatic carbocycles. The predicted molar refractivity (Wildman–Crippen MR) is 65.3 cm³/mol. The van der Waals surface area contributed by atoms with Crippen LogP contribution >= 0.6 is 11.6 Å². The van der Waals surface area contributed by atoms with Crippen molar-refractivity contribution in [2.24, 2.45) is 0 Å². The van der Waals surface area contributed by atoms with Gasteiger partial charge in [0.2, 0.25) is 0 Å². The van der Waals surface area contributed by atoms with Crippen LogP contribution < -0.4 is 5.32 Å². The highest BCUT2D eigenvalue weighted by Gasteiger charge is 2.06. The van der Waals surface area contributed by atoms with Gasteiger partial charge in [0, 0.05) is 29.4 Å². The number of hydrogen-bond acceptors (Lipinski definition) is 2. The van der Waals surface area contributed by atoms with Gasteiger partial charge in [-0.15, -0.1) is 0 Å². The van der Waals surface area contributed by atoms with Crippen LogP contribution in [0.1, 0.15) is 24.1 Å². The molecule has 5 heteroatoms. The lowest BCUT2D eigenvalue weighted by molar-refractivity contribution is 0.569. The Morgan fingerprint density at radius 1 is 1.47 bits per heavy atom. The summed E-state index contributed by atoms with van der Waals surface area (Å²) in [5.41, 5.74) is 1.89. The number of aromatic nitrogens is 2. The zero-order valence-electron chi connectivity index (χ0n) is 9.37. The fourth-order valence-corrected chi connectivity index (χ4v) is 1.84. The number of nitrogens with zero attached hydrogens (tertiary/aromatic N) is 1. The molecule has 1 atom stereocenters. The molecule has 1 unspecified atom stereocenters. The average molecular weight is 254 g/mol. The Hall–Kier alpha value is -1.39. The lowest BCUT2D eigenvalue weighted by atomic mass is 10.1. The Morgan fingerprint density at radius 2 is 2.29 bits per heavy atom. The van der Waals surface area contributed by atoms with E-state index in [4.69, 9.17) is 11.6 Å². The summed E-state index contributed by atoms with van der Waals surface area (Å²) in [6, 6.07) is 4.67. The minimum atomic E-state index is -0.315. The number of halogens is 2. The molecular weight excluding hydrogens is 241 g/mol. The summed E-state index contributed by atoms with van der Waals surface area (Å²) in [6.45, 7) is 2.58. The van der Waals surface area contributed by atoms with Crippen LogP contribution in [0.25, 0.3) is 0 Å². The van der Waals surface area contributed by atoms with Crippen LogP contribution in [0.3, 0.4) is 0 Å². The van der Waals surface area contributed by atoms with E-state index in [-0.39, 0.29) is 11.9 Å². The third-order valence-electron chi connectivity index (χ3n) is 2.55. The molecule has 0 radical (unpaired) electrons. The number of H-pyrrole nitrogens is 1. The van der Waals surface area contributed by atoms with Gasteiger partial charge < -0.3 is 5.32 Å². The molecule has 0 fully saturated rings. The van der Waals surface area contributed by atoms with Gasteiger partial charge in [0.25, 0.3) is 0 Å². The molecular formula is C12H13ClFN3. The van der Waals surface area contributed by atoms with E-state index in [0.717, 1.165) is 11.1 Å². The summed E-state index contributed by atoms with van der Waals surface area (Å²) in [5, 5.41) is 10.3. The molecule has 2 aromatic rings. The lowest BCUT2D eigenvalue weighted by Crippen LogP contribution is -2.17. The second kappa shape index (κ2) is 5.29. The van der Waals surface area contributed by atoms with Crippen molar-refractivity contribution in [3.05, 3.63) is 52.6 Å². The van der Waals surface area contributed by atoms with E-state index in [1.165, 1.54) is 12.1 Å². The molecule has 1 aromatic heterocycles. The highest BCUT2D eigenvalue weighted by molar-refractivity contribution is 6.30. The van der Waals surface area contributed by atoms with Crippen molar-refractivity contribution < 1.29 is 4.39 Å². The number of aromatic amines is 1. The molecule has 0 saturated heterocycles. The molecule has 0 aliphatic rings. The molecule has 0 spiro atoms. The minimum absolute atomic E-state index is 0.149. The van der Waals surface area contributed by atoms with Gasteiger partial charge in [-0.3, -0.25) is 5.10 Å². The van der Waals surface area contributed by atoms with Crippen molar-refractivity contribution >= 4 is 11.6 Å². The highest BCUT2D eigenvalue weighted by atomic mass is 35.5. The van der Waals surface area contributed by atoms with Gasteiger partial charge in [-0.25, -0.2) is 4.39 Å². The smallest absolute Gasteiger partial charge is 0.125 e. The fourth-order valence-electron chi connectivity index (χ4n) is 1.60. The second-order valence-electron chi connectivity index (χ2n) is 3.91. The quantitative estimate of drug-likeness (QED) is 0.879. The van der Waals surface area contributed by atoms with Crippen molar-refractivity contribution in [3.63, 3.8) is 0 Å². The maximum Gasteiger partial charge on any atom is 0.125 e. The second-order valence-corrected chi connectivity index (χ2v) is 4.35. The molecule has 3 nitrogen and oxygen atoms in total. The number of hydrogen-bond donors (Lipinski definition) is 2. The first-order valence-electron chi connectivity index (χ1n) is 5.32. The summed E-state index contributed by atoms with van der Waals surface area (Å²) >= 11 is 5.78. The first-order valence-corrected chi connectivity index (χ1v) is 5.70. The molecule has 2 rings (SSSR count). The fraction of sp³-hybridized carbons (Fsp3) is 0.250. The molecule has 0 amide bonds. The zero-order valence-corrected chi connectivity index (χ0v) is 10.1. The van der Waals surface area contributed by atoms with Crippen molar-refractivity contribution in [1.29, 1.82) is 0 Å². The normalized spacial score (nSPS) is 12.6. The van der Waals surface area contributed by atoms with E-state index in [1.54, 1.807) is 12.3 Å². The van der Waals surface area contributed by atoms with Crippen LogP contribution in [0.15, 0.2) is 30.6 Å². The summed E-state index contributed by atoms with van der Waals surface area (Å²) in [5.74, 6) is -0.315. The van der Waals surface area contributed by atoms with E-state index in [0.29, 0.717) is 11.6 Å². The average Bonchev–Trinajstić information content (AvgIpc) is 2.78. The summed E-state index contributed by atoms with van der Waals surface area (Å²) in [6.07, 6.45) is 3.59. The monoisotopic (exact) mass is 253 g/mol. The van der Waals surface area contributed by atoms with E-state index in [9.17, 15) is 4.39 Å². The molecule has 0 bridgehead atoms. The molecule has 0 aliphatic heterocycles.